The van der Waals surface area contributed by atoms with E-state index in [9.17, 15) is 4.39 Å². The summed E-state index contributed by atoms with van der Waals surface area (Å²) in [6.07, 6.45) is 0.821. The molecule has 0 aliphatic heterocycles. The van der Waals surface area contributed by atoms with Gasteiger partial charge < -0.3 is 14.8 Å². The smallest absolute Gasteiger partial charge is 0.165 e. The molecular weight excluding hydrogens is 317 g/mol. The third-order valence-electron chi connectivity index (χ3n) is 3.42. The van der Waals surface area contributed by atoms with Crippen LogP contribution in [0, 0.1) is 5.82 Å². The second kappa shape index (κ2) is 8.75. The first kappa shape index (κ1) is 17.6. The molecule has 0 amide bonds. The molecule has 2 aromatic rings. The SMILES string of the molecule is CCOc1c(CNCCc2ccc(F)cc2)cc(Cl)cc1OC. The number of benzene rings is 2. The van der Waals surface area contributed by atoms with E-state index in [1.807, 2.05) is 13.0 Å². The summed E-state index contributed by atoms with van der Waals surface area (Å²) in [4.78, 5) is 0. The summed E-state index contributed by atoms with van der Waals surface area (Å²) in [7, 11) is 1.60. The fourth-order valence-electron chi connectivity index (χ4n) is 2.32. The quantitative estimate of drug-likeness (QED) is 0.732. The third-order valence-corrected chi connectivity index (χ3v) is 3.64. The summed E-state index contributed by atoms with van der Waals surface area (Å²) >= 11 is 6.13. The molecule has 0 spiro atoms. The Morgan fingerprint density at radius 2 is 1.91 bits per heavy atom. The topological polar surface area (TPSA) is 30.5 Å². The molecule has 0 fully saturated rings. The molecule has 0 saturated heterocycles. The van der Waals surface area contributed by atoms with Gasteiger partial charge in [-0.15, -0.1) is 0 Å². The fraction of sp³-hybridized carbons (Fsp3) is 0.333. The van der Waals surface area contributed by atoms with Crippen LogP contribution in [0.3, 0.4) is 0 Å². The minimum atomic E-state index is -0.214. The lowest BCUT2D eigenvalue weighted by Gasteiger charge is -2.15. The molecule has 3 nitrogen and oxygen atoms in total. The van der Waals surface area contributed by atoms with Gasteiger partial charge in [-0.05, 0) is 43.7 Å². The first-order chi connectivity index (χ1) is 11.1. The van der Waals surface area contributed by atoms with E-state index in [0.29, 0.717) is 29.7 Å². The highest BCUT2D eigenvalue weighted by molar-refractivity contribution is 6.30. The Hall–Kier alpha value is -1.78. The Labute approximate surface area is 141 Å². The lowest BCUT2D eigenvalue weighted by molar-refractivity contribution is 0.307. The molecule has 0 bridgehead atoms. The molecule has 0 saturated carbocycles. The molecule has 2 aromatic carbocycles. The van der Waals surface area contributed by atoms with Crippen LogP contribution in [-0.4, -0.2) is 20.3 Å². The van der Waals surface area contributed by atoms with Gasteiger partial charge in [-0.2, -0.15) is 0 Å². The van der Waals surface area contributed by atoms with Crippen LogP contribution in [0.5, 0.6) is 11.5 Å². The second-order valence-corrected chi connectivity index (χ2v) is 5.52. The Bertz CT molecular complexity index is 632. The maximum Gasteiger partial charge on any atom is 0.165 e. The minimum Gasteiger partial charge on any atom is -0.493 e. The number of nitrogens with one attached hydrogen (secondary N) is 1. The molecule has 0 heterocycles. The zero-order valence-corrected chi connectivity index (χ0v) is 14.1. The highest BCUT2D eigenvalue weighted by atomic mass is 35.5. The molecule has 0 atom stereocenters. The van der Waals surface area contributed by atoms with Crippen molar-refractivity contribution >= 4 is 11.6 Å². The summed E-state index contributed by atoms with van der Waals surface area (Å²) in [5.41, 5.74) is 2.04. The largest absolute Gasteiger partial charge is 0.493 e. The van der Waals surface area contributed by atoms with Crippen molar-refractivity contribution in [2.75, 3.05) is 20.3 Å². The Kier molecular flexibility index (Phi) is 6.68. The van der Waals surface area contributed by atoms with Gasteiger partial charge in [-0.3, -0.25) is 0 Å². The van der Waals surface area contributed by atoms with Gasteiger partial charge in [0.25, 0.3) is 0 Å². The van der Waals surface area contributed by atoms with E-state index in [4.69, 9.17) is 21.1 Å². The van der Waals surface area contributed by atoms with Gasteiger partial charge in [0, 0.05) is 23.2 Å². The number of hydrogen-bond donors (Lipinski definition) is 1. The molecule has 0 aromatic heterocycles. The van der Waals surface area contributed by atoms with Crippen molar-refractivity contribution in [1.29, 1.82) is 0 Å². The lowest BCUT2D eigenvalue weighted by Crippen LogP contribution is -2.17. The minimum absolute atomic E-state index is 0.214. The van der Waals surface area contributed by atoms with Crippen LogP contribution >= 0.6 is 11.6 Å². The monoisotopic (exact) mass is 337 g/mol. The molecule has 1 N–H and O–H groups in total. The first-order valence-corrected chi connectivity index (χ1v) is 7.96. The Morgan fingerprint density at radius 1 is 1.17 bits per heavy atom. The van der Waals surface area contributed by atoms with Gasteiger partial charge in [-0.1, -0.05) is 23.7 Å². The number of methoxy groups -OCH3 is 1. The van der Waals surface area contributed by atoms with Crippen LogP contribution in [0.25, 0.3) is 0 Å². The number of rotatable bonds is 8. The molecule has 0 aliphatic carbocycles. The van der Waals surface area contributed by atoms with Gasteiger partial charge in [0.05, 0.1) is 13.7 Å². The Morgan fingerprint density at radius 3 is 2.57 bits per heavy atom. The van der Waals surface area contributed by atoms with Crippen LogP contribution in [0.1, 0.15) is 18.1 Å². The van der Waals surface area contributed by atoms with E-state index >= 15 is 0 Å². The van der Waals surface area contributed by atoms with Gasteiger partial charge >= 0.3 is 0 Å². The average Bonchev–Trinajstić information content (AvgIpc) is 2.55. The Balaban J connectivity index is 1.96. The van der Waals surface area contributed by atoms with E-state index in [1.54, 1.807) is 25.3 Å². The van der Waals surface area contributed by atoms with Crippen molar-refractivity contribution in [3.05, 3.63) is 58.4 Å². The zero-order chi connectivity index (χ0) is 16.7. The van der Waals surface area contributed by atoms with Crippen LogP contribution in [0.4, 0.5) is 4.39 Å². The van der Waals surface area contributed by atoms with Gasteiger partial charge in [0.2, 0.25) is 0 Å². The van der Waals surface area contributed by atoms with Crippen molar-refractivity contribution in [3.63, 3.8) is 0 Å². The maximum atomic E-state index is 12.9. The third kappa shape index (κ3) is 5.12. The number of ether oxygens (including phenoxy) is 2. The molecule has 0 unspecified atom stereocenters. The lowest BCUT2D eigenvalue weighted by atomic mass is 10.1. The second-order valence-electron chi connectivity index (χ2n) is 5.08. The predicted octanol–water partition coefficient (Wildman–Crippen LogP) is 4.22. The summed E-state index contributed by atoms with van der Waals surface area (Å²) in [6.45, 7) is 3.87. The van der Waals surface area contributed by atoms with Crippen molar-refractivity contribution in [2.24, 2.45) is 0 Å². The highest BCUT2D eigenvalue weighted by Crippen LogP contribution is 2.34. The molecule has 5 heteroatoms. The molecule has 2 rings (SSSR count). The predicted molar refractivity (Wildman–Crippen MR) is 91.0 cm³/mol. The average molecular weight is 338 g/mol. The standard InChI is InChI=1S/C18H21ClFNO2/c1-3-23-18-14(10-15(19)11-17(18)22-2)12-21-9-8-13-4-6-16(20)7-5-13/h4-7,10-11,21H,3,8-9,12H2,1-2H3. The molecular formula is C18H21ClFNO2. The van der Waals surface area contributed by atoms with Crippen molar-refractivity contribution in [1.82, 2.24) is 5.32 Å². The molecule has 124 valence electrons. The van der Waals surface area contributed by atoms with E-state index in [-0.39, 0.29) is 5.82 Å². The van der Waals surface area contributed by atoms with Crippen LogP contribution in [0.15, 0.2) is 36.4 Å². The summed E-state index contributed by atoms with van der Waals surface area (Å²) in [5, 5.41) is 3.97. The zero-order valence-electron chi connectivity index (χ0n) is 13.4. The first-order valence-electron chi connectivity index (χ1n) is 7.58. The number of hydrogen-bond acceptors (Lipinski definition) is 3. The fourth-order valence-corrected chi connectivity index (χ4v) is 2.55. The van der Waals surface area contributed by atoms with Crippen LogP contribution in [-0.2, 0) is 13.0 Å². The maximum absolute atomic E-state index is 12.9. The van der Waals surface area contributed by atoms with E-state index in [0.717, 1.165) is 24.1 Å². The van der Waals surface area contributed by atoms with Crippen LogP contribution < -0.4 is 14.8 Å². The van der Waals surface area contributed by atoms with Gasteiger partial charge in [-0.25, -0.2) is 4.39 Å². The van der Waals surface area contributed by atoms with Crippen molar-refractivity contribution in [3.8, 4) is 11.5 Å². The van der Waals surface area contributed by atoms with Crippen molar-refractivity contribution < 1.29 is 13.9 Å². The van der Waals surface area contributed by atoms with Gasteiger partial charge in [0.1, 0.15) is 5.82 Å². The summed E-state index contributed by atoms with van der Waals surface area (Å²) < 4.78 is 23.9. The summed E-state index contributed by atoms with van der Waals surface area (Å²) in [6, 6.07) is 10.2. The molecule has 0 radical (unpaired) electrons. The number of halogens is 2. The molecule has 0 aliphatic rings. The highest BCUT2D eigenvalue weighted by Gasteiger charge is 2.12. The normalized spacial score (nSPS) is 10.6. The van der Waals surface area contributed by atoms with E-state index in [2.05, 4.69) is 5.32 Å². The van der Waals surface area contributed by atoms with E-state index in [1.165, 1.54) is 12.1 Å². The van der Waals surface area contributed by atoms with Gasteiger partial charge in [0.15, 0.2) is 11.5 Å². The van der Waals surface area contributed by atoms with Crippen LogP contribution in [0.2, 0.25) is 5.02 Å². The van der Waals surface area contributed by atoms with E-state index < -0.39 is 0 Å². The van der Waals surface area contributed by atoms with Crippen molar-refractivity contribution in [2.45, 2.75) is 19.9 Å². The molecule has 23 heavy (non-hydrogen) atoms. The summed E-state index contributed by atoms with van der Waals surface area (Å²) in [5.74, 6) is 1.14.